The van der Waals surface area contributed by atoms with E-state index in [-0.39, 0.29) is 12.6 Å². The number of benzene rings is 2. The molecule has 0 unspecified atom stereocenters. The fraction of sp³-hybridized carbons (Fsp3) is 0.316. The fourth-order valence-electron chi connectivity index (χ4n) is 3.08. The average Bonchev–Trinajstić information content (AvgIpc) is 2.56. The lowest BCUT2D eigenvalue weighted by Crippen LogP contribution is -2.09. The molecule has 1 N–H and O–H groups in total. The maximum absolute atomic E-state index is 12.0. The molecule has 0 amide bonds. The van der Waals surface area contributed by atoms with Crippen molar-refractivity contribution in [2.45, 2.75) is 32.3 Å². The van der Waals surface area contributed by atoms with Gasteiger partial charge in [0.1, 0.15) is 0 Å². The van der Waals surface area contributed by atoms with Crippen LogP contribution >= 0.6 is 0 Å². The summed E-state index contributed by atoms with van der Waals surface area (Å²) in [7, 11) is 1.42. The molecule has 3 nitrogen and oxygen atoms in total. The summed E-state index contributed by atoms with van der Waals surface area (Å²) in [6, 6.07) is 12.4. The molecule has 6 rings (SSSR count). The highest BCUT2D eigenvalue weighted by Crippen LogP contribution is 2.22. The number of carbonyl (C=O) groups is 1. The van der Waals surface area contributed by atoms with Crippen LogP contribution in [0.5, 0.6) is 0 Å². The normalized spacial score (nSPS) is 13.5. The van der Waals surface area contributed by atoms with Crippen LogP contribution in [0, 0.1) is 0 Å². The van der Waals surface area contributed by atoms with Gasteiger partial charge in [-0.05, 0) is 59.6 Å². The molecule has 2 aromatic rings. The first kappa shape index (κ1) is 14.8. The van der Waals surface area contributed by atoms with Crippen LogP contribution in [0.3, 0.4) is 0 Å². The smallest absolute Gasteiger partial charge is 0.338 e. The third kappa shape index (κ3) is 2.90. The molecule has 0 spiro atoms. The lowest BCUT2D eigenvalue weighted by Gasteiger charge is -2.15. The van der Waals surface area contributed by atoms with Gasteiger partial charge in [-0.2, -0.15) is 0 Å². The number of aliphatic hydroxyl groups is 1. The van der Waals surface area contributed by atoms with Crippen molar-refractivity contribution in [1.82, 2.24) is 0 Å². The van der Waals surface area contributed by atoms with Crippen molar-refractivity contribution in [2.75, 3.05) is 7.11 Å². The number of carbonyl (C=O) groups excluding carboxylic acids is 1. The van der Waals surface area contributed by atoms with Crippen LogP contribution in [0.25, 0.3) is 0 Å². The summed E-state index contributed by atoms with van der Waals surface area (Å²) in [6.45, 7) is 0.0601. The minimum Gasteiger partial charge on any atom is -0.465 e. The maximum atomic E-state index is 12.0. The summed E-state index contributed by atoms with van der Waals surface area (Å²) in [4.78, 5) is 12.0. The van der Waals surface area contributed by atoms with Crippen LogP contribution in [-0.2, 0) is 37.0 Å². The first-order chi connectivity index (χ1) is 10.7. The molecule has 4 bridgehead atoms. The number of aryl methyl sites for hydroxylation is 4. The Hall–Kier alpha value is -2.13. The summed E-state index contributed by atoms with van der Waals surface area (Å²) >= 11 is 0. The van der Waals surface area contributed by atoms with Crippen LogP contribution in [0.4, 0.5) is 0 Å². The standard InChI is InChI=1S/C19H20O3/c1-22-19(21)18-11-14-3-2-13-4-6-15(17(10-13)12-20)8-9-16(18)7-5-14/h4-7,10-11,20H,2-3,8-9,12H2,1H3. The van der Waals surface area contributed by atoms with Gasteiger partial charge in [-0.3, -0.25) is 0 Å². The predicted molar refractivity (Wildman–Crippen MR) is 85.0 cm³/mol. The third-order valence-corrected chi connectivity index (χ3v) is 4.39. The van der Waals surface area contributed by atoms with Crippen molar-refractivity contribution in [3.05, 3.63) is 69.8 Å². The highest BCUT2D eigenvalue weighted by molar-refractivity contribution is 5.91. The minimum absolute atomic E-state index is 0.0601. The molecule has 2 aromatic carbocycles. The monoisotopic (exact) mass is 296 g/mol. The second kappa shape index (κ2) is 6.32. The van der Waals surface area contributed by atoms with Crippen molar-refractivity contribution in [3.8, 4) is 0 Å². The van der Waals surface area contributed by atoms with E-state index in [1.54, 1.807) is 0 Å². The Bertz CT molecular complexity index is 704. The van der Waals surface area contributed by atoms with E-state index in [4.69, 9.17) is 4.74 Å². The van der Waals surface area contributed by atoms with Crippen molar-refractivity contribution >= 4 is 5.97 Å². The van der Waals surface area contributed by atoms with Gasteiger partial charge in [-0.25, -0.2) is 4.79 Å². The van der Waals surface area contributed by atoms with Crippen LogP contribution in [0.15, 0.2) is 36.4 Å². The Balaban J connectivity index is 2.03. The van der Waals surface area contributed by atoms with E-state index in [1.165, 1.54) is 12.7 Å². The number of hydrogen-bond acceptors (Lipinski definition) is 3. The zero-order chi connectivity index (χ0) is 15.5. The molecule has 4 aliphatic rings. The van der Waals surface area contributed by atoms with Crippen LogP contribution in [0.1, 0.15) is 38.2 Å². The quantitative estimate of drug-likeness (QED) is 0.867. The van der Waals surface area contributed by atoms with Crippen LogP contribution in [-0.4, -0.2) is 18.2 Å². The summed E-state index contributed by atoms with van der Waals surface area (Å²) in [6.07, 6.45) is 3.33. The van der Waals surface area contributed by atoms with Crippen molar-refractivity contribution in [3.63, 3.8) is 0 Å². The zero-order valence-corrected chi connectivity index (χ0v) is 12.8. The summed E-state index contributed by atoms with van der Waals surface area (Å²) in [5, 5.41) is 9.58. The Morgan fingerprint density at radius 1 is 1.00 bits per heavy atom. The number of hydrogen-bond donors (Lipinski definition) is 1. The Morgan fingerprint density at radius 3 is 2.32 bits per heavy atom. The topological polar surface area (TPSA) is 46.5 Å². The zero-order valence-electron chi connectivity index (χ0n) is 12.8. The average molecular weight is 296 g/mol. The van der Waals surface area contributed by atoms with Crippen molar-refractivity contribution < 1.29 is 14.6 Å². The van der Waals surface area contributed by atoms with E-state index in [1.807, 2.05) is 12.1 Å². The minimum atomic E-state index is -0.273. The lowest BCUT2D eigenvalue weighted by atomic mass is 9.91. The van der Waals surface area contributed by atoms with E-state index >= 15 is 0 Å². The molecular weight excluding hydrogens is 276 g/mol. The lowest BCUT2D eigenvalue weighted by molar-refractivity contribution is 0.0599. The van der Waals surface area contributed by atoms with Gasteiger partial charge in [0.2, 0.25) is 0 Å². The number of rotatable bonds is 2. The highest BCUT2D eigenvalue weighted by atomic mass is 16.5. The molecule has 22 heavy (non-hydrogen) atoms. The van der Waals surface area contributed by atoms with Gasteiger partial charge in [0.25, 0.3) is 0 Å². The summed E-state index contributed by atoms with van der Waals surface area (Å²) < 4.78 is 4.92. The maximum Gasteiger partial charge on any atom is 0.338 e. The predicted octanol–water partition coefficient (Wildman–Crippen LogP) is 2.85. The molecule has 0 atom stereocenters. The summed E-state index contributed by atoms with van der Waals surface area (Å²) in [5.74, 6) is -0.273. The Kier molecular flexibility index (Phi) is 4.25. The largest absolute Gasteiger partial charge is 0.465 e. The molecule has 114 valence electrons. The summed E-state index contributed by atoms with van der Waals surface area (Å²) in [5.41, 5.74) is 6.17. The molecule has 0 heterocycles. The van der Waals surface area contributed by atoms with Gasteiger partial charge in [-0.15, -0.1) is 0 Å². The first-order valence-electron chi connectivity index (χ1n) is 7.63. The van der Waals surface area contributed by atoms with Gasteiger partial charge in [-0.1, -0.05) is 30.3 Å². The van der Waals surface area contributed by atoms with Gasteiger partial charge >= 0.3 is 5.97 Å². The number of methoxy groups -OCH3 is 1. The van der Waals surface area contributed by atoms with Gasteiger partial charge in [0.05, 0.1) is 19.3 Å². The number of aliphatic hydroxyl groups excluding tert-OH is 1. The Labute approximate surface area is 130 Å². The fourth-order valence-corrected chi connectivity index (χ4v) is 3.08. The number of esters is 1. The molecule has 0 saturated heterocycles. The van der Waals surface area contributed by atoms with Crippen LogP contribution < -0.4 is 0 Å². The van der Waals surface area contributed by atoms with E-state index in [2.05, 4.69) is 24.3 Å². The molecule has 0 aromatic heterocycles. The molecule has 0 fully saturated rings. The Morgan fingerprint density at radius 2 is 1.64 bits per heavy atom. The van der Waals surface area contributed by atoms with E-state index < -0.39 is 0 Å². The van der Waals surface area contributed by atoms with Gasteiger partial charge < -0.3 is 9.84 Å². The molecule has 0 saturated carbocycles. The molecular formula is C19H20O3. The highest BCUT2D eigenvalue weighted by Gasteiger charge is 2.15. The second-order valence-corrected chi connectivity index (χ2v) is 5.74. The number of ether oxygens (including phenoxy) is 1. The van der Waals surface area contributed by atoms with Crippen molar-refractivity contribution in [2.24, 2.45) is 0 Å². The van der Waals surface area contributed by atoms with Gasteiger partial charge in [0.15, 0.2) is 0 Å². The van der Waals surface area contributed by atoms with E-state index in [9.17, 15) is 9.90 Å². The molecule has 0 aliphatic heterocycles. The second-order valence-electron chi connectivity index (χ2n) is 5.74. The van der Waals surface area contributed by atoms with E-state index in [0.717, 1.165) is 47.9 Å². The van der Waals surface area contributed by atoms with Crippen LogP contribution in [0.2, 0.25) is 0 Å². The first-order valence-corrected chi connectivity index (χ1v) is 7.63. The molecule has 4 aliphatic carbocycles. The third-order valence-electron chi connectivity index (χ3n) is 4.39. The molecule has 0 radical (unpaired) electrons. The van der Waals surface area contributed by atoms with E-state index in [0.29, 0.717) is 5.56 Å². The molecule has 3 heteroatoms. The van der Waals surface area contributed by atoms with Gasteiger partial charge in [0, 0.05) is 0 Å². The van der Waals surface area contributed by atoms with Crippen molar-refractivity contribution in [1.29, 1.82) is 0 Å². The SMILES string of the molecule is COC(=O)c1cc2ccc1CCc1ccc(cc1CO)CC2.